The zero-order valence-electron chi connectivity index (χ0n) is 15.0. The summed E-state index contributed by atoms with van der Waals surface area (Å²) < 4.78 is 5.08. The number of aromatic nitrogens is 1. The van der Waals surface area contributed by atoms with Gasteiger partial charge >= 0.3 is 0 Å². The van der Waals surface area contributed by atoms with Crippen LogP contribution in [0.5, 0.6) is 5.75 Å². The molecule has 0 unspecified atom stereocenters. The van der Waals surface area contributed by atoms with Crippen LogP contribution in [0.15, 0.2) is 35.8 Å². The Labute approximate surface area is 164 Å². The molecule has 1 aliphatic rings. The molecular formula is C19H21NO7S. The molecule has 0 aliphatic carbocycles. The summed E-state index contributed by atoms with van der Waals surface area (Å²) >= 11 is 1.61. The highest BCUT2D eigenvalue weighted by atomic mass is 32.1. The van der Waals surface area contributed by atoms with Gasteiger partial charge in [-0.2, -0.15) is 4.89 Å². The van der Waals surface area contributed by atoms with Crippen molar-refractivity contribution in [3.63, 3.8) is 0 Å². The maximum Gasteiger partial charge on any atom is 0.188 e. The fourth-order valence-corrected chi connectivity index (χ4v) is 4.28. The first-order valence-corrected chi connectivity index (χ1v) is 9.67. The quantitative estimate of drug-likeness (QED) is 0.319. The van der Waals surface area contributed by atoms with E-state index in [0.717, 1.165) is 26.9 Å². The molecule has 28 heavy (non-hydrogen) atoms. The Bertz CT molecular complexity index is 955. The molecule has 0 radical (unpaired) electrons. The van der Waals surface area contributed by atoms with Crippen LogP contribution in [0.25, 0.3) is 21.3 Å². The van der Waals surface area contributed by atoms with Crippen LogP contribution in [-0.4, -0.2) is 62.7 Å². The minimum atomic E-state index is -1.57. The van der Waals surface area contributed by atoms with Crippen molar-refractivity contribution in [1.82, 2.24) is 4.98 Å². The monoisotopic (exact) mass is 407 g/mol. The first-order valence-electron chi connectivity index (χ1n) is 8.79. The lowest BCUT2D eigenvalue weighted by Gasteiger charge is -2.38. The fourth-order valence-electron chi connectivity index (χ4n) is 3.33. The zero-order valence-corrected chi connectivity index (χ0v) is 15.8. The van der Waals surface area contributed by atoms with Gasteiger partial charge in [-0.05, 0) is 36.1 Å². The van der Waals surface area contributed by atoms with Crippen molar-refractivity contribution in [1.29, 1.82) is 0 Å². The Hall–Kier alpha value is -1.98. The van der Waals surface area contributed by atoms with Crippen LogP contribution in [0.4, 0.5) is 0 Å². The lowest BCUT2D eigenvalue weighted by Crippen LogP contribution is -2.59. The van der Waals surface area contributed by atoms with Gasteiger partial charge in [0.05, 0.1) is 12.0 Å². The van der Waals surface area contributed by atoms with Crippen LogP contribution >= 0.6 is 11.3 Å². The smallest absolute Gasteiger partial charge is 0.188 e. The number of rotatable bonds is 5. The van der Waals surface area contributed by atoms with Gasteiger partial charge in [-0.15, -0.1) is 11.3 Å². The molecule has 1 fully saturated rings. The number of thiophene rings is 1. The van der Waals surface area contributed by atoms with Crippen molar-refractivity contribution in [3.05, 3.63) is 41.4 Å². The van der Waals surface area contributed by atoms with Crippen molar-refractivity contribution in [3.8, 4) is 16.2 Å². The summed E-state index contributed by atoms with van der Waals surface area (Å²) in [5.74, 6) is 0.389. The molecule has 2 aromatic heterocycles. The molecule has 0 spiro atoms. The summed E-state index contributed by atoms with van der Waals surface area (Å²) in [6.45, 7) is 1.48. The van der Waals surface area contributed by atoms with Gasteiger partial charge in [0.15, 0.2) is 18.1 Å². The third kappa shape index (κ3) is 3.31. The normalized spacial score (nSPS) is 28.0. The lowest BCUT2D eigenvalue weighted by molar-refractivity contribution is -0.364. The van der Waals surface area contributed by atoms with E-state index in [1.54, 1.807) is 23.5 Å². The Morgan fingerprint density at radius 3 is 2.71 bits per heavy atom. The molecule has 5 atom stereocenters. The number of aromatic amines is 1. The largest absolute Gasteiger partial charge is 0.394 e. The maximum atomic E-state index is 10.2. The Morgan fingerprint density at radius 1 is 1.18 bits per heavy atom. The highest BCUT2D eigenvalue weighted by Crippen LogP contribution is 2.39. The Kier molecular flexibility index (Phi) is 5.39. The van der Waals surface area contributed by atoms with Crippen LogP contribution in [0.3, 0.4) is 0 Å². The van der Waals surface area contributed by atoms with Crippen LogP contribution in [0, 0.1) is 6.92 Å². The van der Waals surface area contributed by atoms with Gasteiger partial charge in [0.1, 0.15) is 18.3 Å². The first kappa shape index (κ1) is 19.3. The molecule has 0 bridgehead atoms. The van der Waals surface area contributed by atoms with E-state index in [4.69, 9.17) is 19.6 Å². The fraction of sp³-hybridized carbons (Fsp3) is 0.368. The standard InChI is InChI=1S/C19H21NO7S/c1-9-5-6-28-18(9)10-7-20-11-3-2-4-12(14(10)11)26-27-17-16(23)15(22)13(8-21)25-19(17)24/h2-7,13,15-17,19-24H,8H2,1H3/t13-,15-,16+,17-,19-/m1/s1. The number of H-pyrrole nitrogens is 1. The molecule has 1 saturated heterocycles. The molecule has 1 aromatic carbocycles. The van der Waals surface area contributed by atoms with Crippen LogP contribution in [0.1, 0.15) is 5.56 Å². The first-order chi connectivity index (χ1) is 13.5. The summed E-state index contributed by atoms with van der Waals surface area (Å²) in [5.41, 5.74) is 2.92. The molecule has 150 valence electrons. The molecule has 9 heteroatoms. The number of aliphatic hydroxyl groups excluding tert-OH is 4. The third-order valence-corrected chi connectivity index (χ3v) is 5.92. The van der Waals surface area contributed by atoms with Gasteiger partial charge in [0.25, 0.3) is 0 Å². The van der Waals surface area contributed by atoms with E-state index < -0.39 is 37.3 Å². The summed E-state index contributed by atoms with van der Waals surface area (Å²) in [4.78, 5) is 15.0. The molecule has 3 aromatic rings. The van der Waals surface area contributed by atoms with Gasteiger partial charge in [0, 0.05) is 22.2 Å². The number of hydrogen-bond donors (Lipinski definition) is 5. The van der Waals surface area contributed by atoms with Crippen LogP contribution in [0.2, 0.25) is 0 Å². The number of fused-ring (bicyclic) bond motifs is 1. The van der Waals surface area contributed by atoms with Crippen LogP contribution < -0.4 is 4.89 Å². The van der Waals surface area contributed by atoms with Gasteiger partial charge in [-0.1, -0.05) is 6.07 Å². The second-order valence-electron chi connectivity index (χ2n) is 6.69. The number of benzene rings is 1. The number of ether oxygens (including phenoxy) is 1. The molecule has 0 saturated carbocycles. The average Bonchev–Trinajstić information content (AvgIpc) is 3.30. The van der Waals surface area contributed by atoms with E-state index in [9.17, 15) is 15.3 Å². The Balaban J connectivity index is 1.61. The van der Waals surface area contributed by atoms with E-state index in [1.165, 1.54) is 0 Å². The number of hydrogen-bond acceptors (Lipinski definition) is 8. The third-order valence-electron chi connectivity index (χ3n) is 4.87. The van der Waals surface area contributed by atoms with Crippen molar-refractivity contribution >= 4 is 22.2 Å². The second kappa shape index (κ2) is 7.80. The average molecular weight is 407 g/mol. The van der Waals surface area contributed by atoms with Gasteiger partial charge in [-0.25, -0.2) is 0 Å². The summed E-state index contributed by atoms with van der Waals surface area (Å²) in [6.07, 6.45) is -5.05. The lowest BCUT2D eigenvalue weighted by atomic mass is 9.99. The maximum absolute atomic E-state index is 10.2. The van der Waals surface area contributed by atoms with Gasteiger partial charge < -0.3 is 35.0 Å². The number of nitrogens with one attached hydrogen (secondary N) is 1. The summed E-state index contributed by atoms with van der Waals surface area (Å²) in [7, 11) is 0. The zero-order chi connectivity index (χ0) is 19.8. The summed E-state index contributed by atoms with van der Waals surface area (Å²) in [6, 6.07) is 7.42. The molecule has 4 rings (SSSR count). The van der Waals surface area contributed by atoms with E-state index >= 15 is 0 Å². The molecular weight excluding hydrogens is 386 g/mol. The van der Waals surface area contributed by atoms with Gasteiger partial charge in [-0.3, -0.25) is 0 Å². The molecule has 8 nitrogen and oxygen atoms in total. The van der Waals surface area contributed by atoms with E-state index in [2.05, 4.69) is 4.98 Å². The molecule has 3 heterocycles. The predicted molar refractivity (Wildman–Crippen MR) is 102 cm³/mol. The summed E-state index contributed by atoms with van der Waals surface area (Å²) in [5, 5.41) is 42.2. The highest BCUT2D eigenvalue weighted by Gasteiger charge is 2.45. The predicted octanol–water partition coefficient (Wildman–Crippen LogP) is 1.32. The highest BCUT2D eigenvalue weighted by molar-refractivity contribution is 7.13. The minimum absolute atomic E-state index is 0.389. The van der Waals surface area contributed by atoms with E-state index in [1.807, 2.05) is 30.6 Å². The van der Waals surface area contributed by atoms with Crippen molar-refractivity contribution in [2.75, 3.05) is 6.61 Å². The number of aliphatic hydroxyl groups is 4. The van der Waals surface area contributed by atoms with Crippen LogP contribution in [-0.2, 0) is 9.62 Å². The van der Waals surface area contributed by atoms with E-state index in [0.29, 0.717) is 5.75 Å². The molecule has 5 N–H and O–H groups in total. The SMILES string of the molecule is Cc1ccsc1-c1c[nH]c2cccc(OO[C@@H]3[C@@H](O)[C@H](O)[C@@H](CO)O[C@H]3O)c12. The molecule has 0 amide bonds. The topological polar surface area (TPSA) is 124 Å². The minimum Gasteiger partial charge on any atom is -0.394 e. The van der Waals surface area contributed by atoms with Crippen molar-refractivity contribution in [2.24, 2.45) is 0 Å². The Morgan fingerprint density at radius 2 is 2.00 bits per heavy atom. The number of aryl methyl sites for hydroxylation is 1. The van der Waals surface area contributed by atoms with Crippen molar-refractivity contribution < 1.29 is 34.9 Å². The van der Waals surface area contributed by atoms with Gasteiger partial charge in [0.2, 0.25) is 0 Å². The van der Waals surface area contributed by atoms with Crippen molar-refractivity contribution in [2.45, 2.75) is 37.6 Å². The van der Waals surface area contributed by atoms with E-state index in [-0.39, 0.29) is 0 Å². The molecule has 1 aliphatic heterocycles. The second-order valence-corrected chi connectivity index (χ2v) is 7.60.